The van der Waals surface area contributed by atoms with Gasteiger partial charge in [0.25, 0.3) is 5.89 Å². The molecule has 2 N–H and O–H groups in total. The molecule has 8 nitrogen and oxygen atoms in total. The van der Waals surface area contributed by atoms with E-state index < -0.39 is 5.97 Å². The Balaban J connectivity index is 1.43. The highest BCUT2D eigenvalue weighted by molar-refractivity contribution is 6.32. The minimum atomic E-state index is -0.733. The lowest BCUT2D eigenvalue weighted by atomic mass is 10.1. The third-order valence-electron chi connectivity index (χ3n) is 5.12. The van der Waals surface area contributed by atoms with Crippen molar-refractivity contribution in [2.45, 2.75) is 45.3 Å². The maximum atomic E-state index is 11.1. The van der Waals surface area contributed by atoms with Crippen LogP contribution in [0.1, 0.15) is 33.1 Å². The first-order valence-electron chi connectivity index (χ1n) is 10.1. The van der Waals surface area contributed by atoms with Gasteiger partial charge in [0, 0.05) is 17.8 Å². The van der Waals surface area contributed by atoms with Crippen LogP contribution in [0.15, 0.2) is 41.1 Å². The van der Waals surface area contributed by atoms with Gasteiger partial charge in [0.1, 0.15) is 11.6 Å². The Labute approximate surface area is 184 Å². The molecule has 0 amide bonds. The summed E-state index contributed by atoms with van der Waals surface area (Å²) in [6, 6.07) is 9.13. The number of carboxylic acid groups (broad SMARTS) is 1. The van der Waals surface area contributed by atoms with E-state index in [1.165, 1.54) is 0 Å². The summed E-state index contributed by atoms with van der Waals surface area (Å²) in [7, 11) is 0. The molecule has 3 aromatic rings. The molecule has 0 spiro atoms. The fourth-order valence-corrected chi connectivity index (χ4v) is 3.82. The molecule has 1 aliphatic rings. The maximum Gasteiger partial charge on any atom is 0.306 e. The fourth-order valence-electron chi connectivity index (χ4n) is 3.60. The third kappa shape index (κ3) is 4.96. The zero-order valence-electron chi connectivity index (χ0n) is 17.2. The number of halogens is 1. The first kappa shape index (κ1) is 21.1. The number of aromatic nitrogens is 3. The Morgan fingerprint density at radius 3 is 2.71 bits per heavy atom. The van der Waals surface area contributed by atoms with E-state index in [9.17, 15) is 4.79 Å². The van der Waals surface area contributed by atoms with Crippen LogP contribution in [0.5, 0.6) is 5.75 Å². The summed E-state index contributed by atoms with van der Waals surface area (Å²) < 4.78 is 11.0. The average Bonchev–Trinajstić information content (AvgIpc) is 3.40. The van der Waals surface area contributed by atoms with Crippen molar-refractivity contribution in [3.63, 3.8) is 0 Å². The van der Waals surface area contributed by atoms with Crippen molar-refractivity contribution in [3.05, 3.63) is 41.6 Å². The highest BCUT2D eigenvalue weighted by Gasteiger charge is 2.29. The summed E-state index contributed by atoms with van der Waals surface area (Å²) in [5, 5.41) is 16.9. The Hall–Kier alpha value is -3.13. The van der Waals surface area contributed by atoms with Gasteiger partial charge in [-0.2, -0.15) is 4.98 Å². The van der Waals surface area contributed by atoms with Gasteiger partial charge in [-0.25, -0.2) is 4.98 Å². The number of nitrogens with one attached hydrogen (secondary N) is 1. The number of nitrogens with zero attached hydrogens (tertiary/aromatic N) is 3. The van der Waals surface area contributed by atoms with Gasteiger partial charge in [0.2, 0.25) is 5.82 Å². The van der Waals surface area contributed by atoms with Crippen molar-refractivity contribution in [2.24, 2.45) is 5.92 Å². The summed E-state index contributed by atoms with van der Waals surface area (Å²) >= 11 is 6.30. The molecule has 1 aromatic carbocycles. The highest BCUT2D eigenvalue weighted by atomic mass is 35.5. The van der Waals surface area contributed by atoms with Gasteiger partial charge in [-0.3, -0.25) is 4.79 Å². The van der Waals surface area contributed by atoms with Gasteiger partial charge in [0.05, 0.1) is 22.6 Å². The lowest BCUT2D eigenvalue weighted by Crippen LogP contribution is -2.18. The predicted molar refractivity (Wildman–Crippen MR) is 116 cm³/mol. The lowest BCUT2D eigenvalue weighted by molar-refractivity contribution is -0.141. The van der Waals surface area contributed by atoms with Crippen molar-refractivity contribution in [1.29, 1.82) is 0 Å². The molecule has 1 saturated carbocycles. The monoisotopic (exact) mass is 442 g/mol. The van der Waals surface area contributed by atoms with Crippen molar-refractivity contribution >= 4 is 23.4 Å². The van der Waals surface area contributed by atoms with Crippen LogP contribution in [0.3, 0.4) is 0 Å². The number of aliphatic carboxylic acids is 1. The zero-order chi connectivity index (χ0) is 22.0. The Kier molecular flexibility index (Phi) is 6.08. The number of pyridine rings is 1. The molecule has 31 heavy (non-hydrogen) atoms. The maximum absolute atomic E-state index is 11.1. The van der Waals surface area contributed by atoms with Crippen molar-refractivity contribution < 1.29 is 19.2 Å². The second-order valence-electron chi connectivity index (χ2n) is 7.86. The number of hydrogen-bond acceptors (Lipinski definition) is 7. The number of rotatable bonds is 7. The molecule has 0 unspecified atom stereocenters. The van der Waals surface area contributed by atoms with Crippen LogP contribution in [0.25, 0.3) is 22.8 Å². The van der Waals surface area contributed by atoms with Gasteiger partial charge in [0.15, 0.2) is 0 Å². The third-order valence-corrected chi connectivity index (χ3v) is 5.42. The Bertz CT molecular complexity index is 1070. The standard InChI is InChI=1S/C22H23ClN4O4/c1-12(2)30-18-7-4-13(10-17(18)23)20-26-21(31-27-20)15-5-8-19(24-11-15)25-16-6-3-14(9-16)22(28)29/h4-5,7-8,10-12,14,16H,3,6,9H2,1-2H3,(H,24,25)(H,28,29)/t14-,16+/m1/s1. The summed E-state index contributed by atoms with van der Waals surface area (Å²) in [6.07, 6.45) is 3.78. The molecule has 2 aromatic heterocycles. The minimum absolute atomic E-state index is 0.0253. The summed E-state index contributed by atoms with van der Waals surface area (Å²) in [4.78, 5) is 19.9. The number of ether oxygens (including phenoxy) is 1. The van der Waals surface area contributed by atoms with Crippen LogP contribution in [0.2, 0.25) is 5.02 Å². The molecule has 4 rings (SSSR count). The number of carboxylic acids is 1. The van der Waals surface area contributed by atoms with Crippen molar-refractivity contribution in [1.82, 2.24) is 15.1 Å². The number of hydrogen-bond donors (Lipinski definition) is 2. The normalized spacial score (nSPS) is 18.3. The van der Waals surface area contributed by atoms with Crippen LogP contribution >= 0.6 is 11.6 Å². The first-order chi connectivity index (χ1) is 14.9. The largest absolute Gasteiger partial charge is 0.489 e. The highest BCUT2D eigenvalue weighted by Crippen LogP contribution is 2.31. The van der Waals surface area contributed by atoms with E-state index >= 15 is 0 Å². The van der Waals surface area contributed by atoms with E-state index in [0.717, 1.165) is 12.0 Å². The van der Waals surface area contributed by atoms with E-state index in [-0.39, 0.29) is 18.1 Å². The van der Waals surface area contributed by atoms with E-state index in [0.29, 0.717) is 46.7 Å². The molecule has 0 aliphatic heterocycles. The Morgan fingerprint density at radius 2 is 2.06 bits per heavy atom. The summed E-state index contributed by atoms with van der Waals surface area (Å²) in [5.41, 5.74) is 1.40. The van der Waals surface area contributed by atoms with Gasteiger partial charge < -0.3 is 19.7 Å². The van der Waals surface area contributed by atoms with Crippen LogP contribution in [0, 0.1) is 5.92 Å². The van der Waals surface area contributed by atoms with E-state index in [1.54, 1.807) is 18.3 Å². The number of benzene rings is 1. The lowest BCUT2D eigenvalue weighted by Gasteiger charge is -2.12. The van der Waals surface area contributed by atoms with Crippen LogP contribution in [-0.2, 0) is 4.79 Å². The second kappa shape index (κ2) is 8.93. The van der Waals surface area contributed by atoms with E-state index in [4.69, 9.17) is 26.0 Å². The smallest absolute Gasteiger partial charge is 0.306 e. The second-order valence-corrected chi connectivity index (χ2v) is 8.26. The molecule has 0 bridgehead atoms. The van der Waals surface area contributed by atoms with Crippen LogP contribution < -0.4 is 10.1 Å². The average molecular weight is 443 g/mol. The molecule has 0 radical (unpaired) electrons. The predicted octanol–water partition coefficient (Wildman–Crippen LogP) is 4.90. The van der Waals surface area contributed by atoms with Gasteiger partial charge >= 0.3 is 5.97 Å². The molecule has 1 aliphatic carbocycles. The van der Waals surface area contributed by atoms with E-state index in [2.05, 4.69) is 20.4 Å². The van der Waals surface area contributed by atoms with E-state index in [1.807, 2.05) is 32.0 Å². The van der Waals surface area contributed by atoms with Crippen LogP contribution in [0.4, 0.5) is 5.82 Å². The molecule has 0 saturated heterocycles. The molecular weight excluding hydrogens is 420 g/mol. The molecule has 9 heteroatoms. The topological polar surface area (TPSA) is 110 Å². The van der Waals surface area contributed by atoms with Crippen molar-refractivity contribution in [3.8, 4) is 28.6 Å². The van der Waals surface area contributed by atoms with Gasteiger partial charge in [-0.15, -0.1) is 0 Å². The molecule has 2 atom stereocenters. The fraction of sp³-hybridized carbons (Fsp3) is 0.364. The molecular formula is C22H23ClN4O4. The summed E-state index contributed by atoms with van der Waals surface area (Å²) in [5.74, 6) is 1.04. The molecule has 2 heterocycles. The SMILES string of the molecule is CC(C)Oc1ccc(-c2noc(-c3ccc(N[C@H]4CC[C@@H](C(=O)O)C4)nc3)n2)cc1Cl. The van der Waals surface area contributed by atoms with Gasteiger partial charge in [-0.05, 0) is 63.4 Å². The summed E-state index contributed by atoms with van der Waals surface area (Å²) in [6.45, 7) is 3.87. The zero-order valence-corrected chi connectivity index (χ0v) is 18.0. The minimum Gasteiger partial charge on any atom is -0.489 e. The van der Waals surface area contributed by atoms with Gasteiger partial charge in [-0.1, -0.05) is 16.8 Å². The van der Waals surface area contributed by atoms with Crippen LogP contribution in [-0.4, -0.2) is 38.3 Å². The number of anilines is 1. The van der Waals surface area contributed by atoms with Crippen molar-refractivity contribution in [2.75, 3.05) is 5.32 Å². The number of carbonyl (C=O) groups is 1. The first-order valence-corrected chi connectivity index (χ1v) is 10.5. The molecule has 162 valence electrons. The molecule has 1 fully saturated rings. The quantitative estimate of drug-likeness (QED) is 0.531. The Morgan fingerprint density at radius 1 is 1.26 bits per heavy atom.